The fourth-order valence-corrected chi connectivity index (χ4v) is 14.1. The maximum absolute atomic E-state index is 14.7. The number of benzene rings is 3. The zero-order valence-corrected chi connectivity index (χ0v) is 25.8. The zero-order valence-electron chi connectivity index (χ0n) is 23.3. The number of hydrogen-bond donors (Lipinski definition) is 0. The molecule has 0 spiro atoms. The van der Waals surface area contributed by atoms with Gasteiger partial charge in [0.25, 0.3) is 18.5 Å². The summed E-state index contributed by atoms with van der Waals surface area (Å²) in [6.45, 7) is 5.75. The van der Waals surface area contributed by atoms with E-state index in [-0.39, 0.29) is 12.2 Å². The minimum Gasteiger partial charge on any atom is -0.465 e. The normalized spacial score (nSPS) is 24.7. The van der Waals surface area contributed by atoms with E-state index in [1.807, 2.05) is 81.4 Å². The van der Waals surface area contributed by atoms with Gasteiger partial charge in [-0.3, -0.25) is 4.79 Å². The Bertz CT molecular complexity index is 1350. The molecule has 0 amide bonds. The Balaban J connectivity index is 1.81. The standard InChI is InChI=1S/C30H34ClF5O3SSi/c1-23(37)38-22-29(24-14-8-5-9-15-24)27(40(32,33,34,35)36)30(29,31)20-21-39-41(28(2,3)4,25-16-10-6-11-17-25)26-18-12-7-13-19-26/h5-19,27H,20-22H2,1-4H3/t27-,29-,30+/m1/s1. The maximum Gasteiger partial charge on any atom is 0.302 e. The molecule has 41 heavy (non-hydrogen) atoms. The van der Waals surface area contributed by atoms with Crippen LogP contribution in [0.4, 0.5) is 19.4 Å². The molecule has 3 nitrogen and oxygen atoms in total. The van der Waals surface area contributed by atoms with Crippen molar-refractivity contribution < 1.29 is 33.4 Å². The summed E-state index contributed by atoms with van der Waals surface area (Å²) in [5.74, 6) is -0.893. The molecular formula is C30H34ClF5O3SSi. The van der Waals surface area contributed by atoms with Gasteiger partial charge in [0, 0.05) is 13.5 Å². The first-order chi connectivity index (χ1) is 18.8. The molecular weight excluding hydrogens is 599 g/mol. The first kappa shape index (κ1) is 31.5. The quantitative estimate of drug-likeness (QED) is 0.0980. The monoisotopic (exact) mass is 632 g/mol. The molecule has 11 heteroatoms. The molecule has 1 aliphatic carbocycles. The van der Waals surface area contributed by atoms with Gasteiger partial charge in [0.05, 0.1) is 10.3 Å². The Morgan fingerprint density at radius 2 is 1.29 bits per heavy atom. The van der Waals surface area contributed by atoms with Gasteiger partial charge in [0.1, 0.15) is 11.9 Å². The van der Waals surface area contributed by atoms with Crippen LogP contribution >= 0.6 is 21.8 Å². The molecule has 0 N–H and O–H groups in total. The molecule has 1 fully saturated rings. The molecule has 224 valence electrons. The molecule has 4 rings (SSSR count). The number of hydrogen-bond acceptors (Lipinski definition) is 3. The van der Waals surface area contributed by atoms with Crippen LogP contribution in [0.3, 0.4) is 0 Å². The van der Waals surface area contributed by atoms with Crippen LogP contribution < -0.4 is 10.4 Å². The van der Waals surface area contributed by atoms with Crippen molar-refractivity contribution in [2.24, 2.45) is 0 Å². The number of carbonyl (C=O) groups excluding carboxylic acids is 1. The van der Waals surface area contributed by atoms with Gasteiger partial charge in [0.15, 0.2) is 0 Å². The molecule has 1 aliphatic rings. The molecule has 0 saturated heterocycles. The minimum absolute atomic E-state index is 0.0695. The molecule has 3 atom stereocenters. The van der Waals surface area contributed by atoms with Crippen molar-refractivity contribution in [1.82, 2.24) is 0 Å². The predicted molar refractivity (Wildman–Crippen MR) is 158 cm³/mol. The van der Waals surface area contributed by atoms with Crippen molar-refractivity contribution in [3.8, 4) is 0 Å². The molecule has 0 radical (unpaired) electrons. The topological polar surface area (TPSA) is 35.5 Å². The molecule has 3 aromatic rings. The van der Waals surface area contributed by atoms with Gasteiger partial charge < -0.3 is 9.16 Å². The Hall–Kier alpha value is -2.40. The van der Waals surface area contributed by atoms with Crippen molar-refractivity contribution in [2.75, 3.05) is 13.2 Å². The lowest BCUT2D eigenvalue weighted by Gasteiger charge is -2.44. The van der Waals surface area contributed by atoms with Crippen molar-refractivity contribution in [1.29, 1.82) is 0 Å². The second-order valence-electron chi connectivity index (χ2n) is 11.7. The fourth-order valence-electron chi connectivity index (χ4n) is 6.35. The van der Waals surface area contributed by atoms with Crippen LogP contribution in [0, 0.1) is 0 Å². The van der Waals surface area contributed by atoms with E-state index in [2.05, 4.69) is 0 Å². The summed E-state index contributed by atoms with van der Waals surface area (Å²) >= 11 is 6.72. The third-order valence-corrected chi connectivity index (χ3v) is 15.6. The molecule has 0 aromatic heterocycles. The van der Waals surface area contributed by atoms with E-state index >= 15 is 0 Å². The van der Waals surface area contributed by atoms with Crippen LogP contribution in [0.25, 0.3) is 0 Å². The smallest absolute Gasteiger partial charge is 0.302 e. The van der Waals surface area contributed by atoms with Crippen molar-refractivity contribution in [3.63, 3.8) is 0 Å². The van der Waals surface area contributed by atoms with Crippen molar-refractivity contribution in [3.05, 3.63) is 96.6 Å². The number of halogens is 6. The first-order valence-electron chi connectivity index (χ1n) is 13.2. The summed E-state index contributed by atoms with van der Waals surface area (Å²) in [6.07, 6.45) is -0.550. The Kier molecular flexibility index (Phi) is 7.55. The summed E-state index contributed by atoms with van der Waals surface area (Å²) < 4.78 is 85.3. The van der Waals surface area contributed by atoms with Gasteiger partial charge in [-0.25, -0.2) is 0 Å². The van der Waals surface area contributed by atoms with Gasteiger partial charge >= 0.3 is 5.97 Å². The predicted octanol–water partition coefficient (Wildman–Crippen LogP) is 8.11. The Morgan fingerprint density at radius 1 is 0.854 bits per heavy atom. The van der Waals surface area contributed by atoms with Gasteiger partial charge in [-0.1, -0.05) is 131 Å². The molecule has 0 aliphatic heterocycles. The average Bonchev–Trinajstić information content (AvgIpc) is 3.46. The van der Waals surface area contributed by atoms with Gasteiger partial charge in [-0.05, 0) is 27.4 Å². The lowest BCUT2D eigenvalue weighted by atomic mass is 9.93. The van der Waals surface area contributed by atoms with E-state index < -0.39 is 58.1 Å². The van der Waals surface area contributed by atoms with E-state index in [0.717, 1.165) is 17.3 Å². The largest absolute Gasteiger partial charge is 0.465 e. The van der Waals surface area contributed by atoms with Gasteiger partial charge in [0.2, 0.25) is 0 Å². The molecule has 0 unspecified atom stereocenters. The van der Waals surface area contributed by atoms with Crippen LogP contribution in [0.5, 0.6) is 0 Å². The number of esters is 1. The summed E-state index contributed by atoms with van der Waals surface area (Å²) in [4.78, 5) is 9.19. The first-order valence-corrected chi connectivity index (χ1v) is 17.5. The second kappa shape index (κ2) is 9.82. The number of rotatable bonds is 10. The average molecular weight is 633 g/mol. The van der Waals surface area contributed by atoms with Crippen LogP contribution in [-0.4, -0.2) is 37.6 Å². The maximum atomic E-state index is 14.7. The summed E-state index contributed by atoms with van der Waals surface area (Å²) in [5, 5.41) is -1.94. The van der Waals surface area contributed by atoms with Crippen LogP contribution in [0.1, 0.15) is 39.7 Å². The third kappa shape index (κ3) is 5.68. The summed E-state index contributed by atoms with van der Waals surface area (Å²) in [5.41, 5.74) is -2.46. The minimum atomic E-state index is -10.2. The van der Waals surface area contributed by atoms with Gasteiger partial charge in [-0.15, -0.1) is 11.6 Å². The van der Waals surface area contributed by atoms with E-state index in [0.29, 0.717) is 0 Å². The van der Waals surface area contributed by atoms with Crippen LogP contribution in [0.15, 0.2) is 91.0 Å². The van der Waals surface area contributed by atoms with E-state index in [1.54, 1.807) is 6.07 Å². The lowest BCUT2D eigenvalue weighted by Crippen LogP contribution is -2.66. The highest BCUT2D eigenvalue weighted by atomic mass is 35.5. The number of carbonyl (C=O) groups is 1. The van der Waals surface area contributed by atoms with E-state index in [9.17, 15) is 24.2 Å². The van der Waals surface area contributed by atoms with Crippen molar-refractivity contribution in [2.45, 2.75) is 54.7 Å². The Labute approximate surface area is 243 Å². The highest BCUT2D eigenvalue weighted by Gasteiger charge is 2.95. The lowest BCUT2D eigenvalue weighted by molar-refractivity contribution is -0.141. The highest BCUT2D eigenvalue weighted by Crippen LogP contribution is 3.08. The molecule has 0 heterocycles. The third-order valence-electron chi connectivity index (χ3n) is 7.96. The van der Waals surface area contributed by atoms with Gasteiger partial charge in [-0.2, -0.15) is 0 Å². The van der Waals surface area contributed by atoms with E-state index in [1.165, 1.54) is 24.3 Å². The van der Waals surface area contributed by atoms with Crippen LogP contribution in [0.2, 0.25) is 5.04 Å². The van der Waals surface area contributed by atoms with Crippen LogP contribution in [-0.2, 0) is 19.4 Å². The molecule has 3 aromatic carbocycles. The van der Waals surface area contributed by atoms with E-state index in [4.69, 9.17) is 20.8 Å². The Morgan fingerprint density at radius 3 is 1.68 bits per heavy atom. The van der Waals surface area contributed by atoms with Crippen molar-refractivity contribution >= 4 is 46.5 Å². The highest BCUT2D eigenvalue weighted by molar-refractivity contribution is 8.46. The number of alkyl halides is 1. The molecule has 1 saturated carbocycles. The molecule has 0 bridgehead atoms. The zero-order chi connectivity index (χ0) is 30.4. The second-order valence-corrected chi connectivity index (χ2v) is 19.2. The summed E-state index contributed by atoms with van der Waals surface area (Å²) in [7, 11) is -13.4. The SMILES string of the molecule is CC(=O)OC[C@@]1(c2ccccc2)[C@@H](S(F)(F)(F)(F)F)[C@@]1(Cl)CCO[Si](c1ccccc1)(c1ccccc1)C(C)(C)C. The summed E-state index contributed by atoms with van der Waals surface area (Å²) in [6, 6.07) is 25.9. The fraction of sp³-hybridized carbons (Fsp3) is 0.367. The number of ether oxygens (including phenoxy) is 1.